The van der Waals surface area contributed by atoms with Crippen LogP contribution in [-0.4, -0.2) is 102 Å². The van der Waals surface area contributed by atoms with Gasteiger partial charge in [-0.3, -0.25) is 19.6 Å². The maximum absolute atomic E-state index is 13.2. The number of nitrogens with one attached hydrogen (secondary N) is 1. The average Bonchev–Trinajstić information content (AvgIpc) is 3.39. The highest BCUT2D eigenvalue weighted by molar-refractivity contribution is 5.87. The summed E-state index contributed by atoms with van der Waals surface area (Å²) in [6.07, 6.45) is 5.93. The summed E-state index contributed by atoms with van der Waals surface area (Å²) in [5.74, 6) is 0.385. The van der Waals surface area contributed by atoms with Crippen molar-refractivity contribution in [3.63, 3.8) is 0 Å². The van der Waals surface area contributed by atoms with Gasteiger partial charge in [-0.05, 0) is 49.9 Å². The summed E-state index contributed by atoms with van der Waals surface area (Å²) >= 11 is 0. The predicted octanol–water partition coefficient (Wildman–Crippen LogP) is 1.62. The van der Waals surface area contributed by atoms with Gasteiger partial charge >= 0.3 is 0 Å². The van der Waals surface area contributed by atoms with Crippen LogP contribution in [0.2, 0.25) is 0 Å². The molecule has 1 amide bonds. The molecule has 0 spiro atoms. The third kappa shape index (κ3) is 6.37. The molecule has 0 radical (unpaired) electrons. The van der Waals surface area contributed by atoms with Crippen molar-refractivity contribution in [2.75, 3.05) is 63.8 Å². The smallest absolute Gasteiger partial charge is 0.245 e. The van der Waals surface area contributed by atoms with E-state index in [4.69, 9.17) is 0 Å². The van der Waals surface area contributed by atoms with Crippen molar-refractivity contribution in [1.29, 1.82) is 0 Å². The number of aromatic nitrogens is 3. The summed E-state index contributed by atoms with van der Waals surface area (Å²) in [6.45, 7) is 7.42. The molecule has 3 aliphatic rings. The molecule has 186 valence electrons. The van der Waals surface area contributed by atoms with Crippen LogP contribution >= 0.6 is 0 Å². The molecule has 2 fully saturated rings. The molecule has 4 heterocycles. The Labute approximate surface area is 205 Å². The molecule has 0 saturated carbocycles. The Morgan fingerprint density at radius 2 is 1.80 bits per heavy atom. The van der Waals surface area contributed by atoms with Crippen molar-refractivity contribution >= 4 is 17.6 Å². The Morgan fingerprint density at radius 3 is 2.51 bits per heavy atom. The minimum atomic E-state index is -0.281. The maximum Gasteiger partial charge on any atom is 0.245 e. The van der Waals surface area contributed by atoms with E-state index in [0.29, 0.717) is 18.2 Å². The first-order chi connectivity index (χ1) is 17.1. The average molecular weight is 481 g/mol. The van der Waals surface area contributed by atoms with Gasteiger partial charge in [0, 0.05) is 69.7 Å². The van der Waals surface area contributed by atoms with Gasteiger partial charge in [-0.15, -0.1) is 5.10 Å². The van der Waals surface area contributed by atoms with Crippen molar-refractivity contribution in [2.45, 2.75) is 31.7 Å². The van der Waals surface area contributed by atoms with Gasteiger partial charge in [0.25, 0.3) is 0 Å². The number of aliphatic imine (C=N–C) groups is 1. The second kappa shape index (κ2) is 11.2. The minimum Gasteiger partial charge on any atom is -0.352 e. The SMILES string of the molecule is O=C(CN1CCN(c2nncc(-c3ccc(F)cc3)n2)CC1)NC1CCN(CC2=NCCC2)CC1. The fourth-order valence-corrected chi connectivity index (χ4v) is 4.99. The van der Waals surface area contributed by atoms with Crippen LogP contribution < -0.4 is 10.2 Å². The standard InChI is InChI=1S/C25H33FN8O/c26-20-5-3-19(4-6-20)23-16-28-31-25(30-23)34-14-12-33(13-15-34)18-24(35)29-21-7-10-32(11-8-21)17-22-2-1-9-27-22/h3-6,16,21H,1-2,7-15,17-18H2,(H,29,35). The number of piperazine rings is 1. The number of hydrogen-bond acceptors (Lipinski definition) is 8. The minimum absolute atomic E-state index is 0.105. The molecule has 9 nitrogen and oxygen atoms in total. The number of hydrogen-bond donors (Lipinski definition) is 1. The van der Waals surface area contributed by atoms with Crippen LogP contribution in [0.25, 0.3) is 11.3 Å². The number of carbonyl (C=O) groups excluding carboxylic acids is 1. The molecule has 5 rings (SSSR count). The summed E-state index contributed by atoms with van der Waals surface area (Å²) in [4.78, 5) is 28.6. The fourth-order valence-electron chi connectivity index (χ4n) is 4.99. The Kier molecular flexibility index (Phi) is 7.58. The molecule has 3 aliphatic heterocycles. The monoisotopic (exact) mass is 480 g/mol. The lowest BCUT2D eigenvalue weighted by atomic mass is 10.0. The molecule has 35 heavy (non-hydrogen) atoms. The molecule has 2 aromatic rings. The summed E-state index contributed by atoms with van der Waals surface area (Å²) in [6, 6.07) is 6.47. The van der Waals surface area contributed by atoms with Crippen LogP contribution in [-0.2, 0) is 4.79 Å². The van der Waals surface area contributed by atoms with Crippen molar-refractivity contribution in [1.82, 2.24) is 30.3 Å². The molecule has 10 heteroatoms. The number of anilines is 1. The van der Waals surface area contributed by atoms with Gasteiger partial charge in [-0.25, -0.2) is 9.37 Å². The Bertz CT molecular complexity index is 1030. The van der Waals surface area contributed by atoms with Crippen molar-refractivity contribution < 1.29 is 9.18 Å². The molecule has 0 bridgehead atoms. The number of likely N-dealkylation sites (tertiary alicyclic amines) is 1. The first kappa shape index (κ1) is 23.7. The first-order valence-electron chi connectivity index (χ1n) is 12.6. The second-order valence-corrected chi connectivity index (χ2v) is 9.58. The molecule has 0 aliphatic carbocycles. The number of rotatable bonds is 7. The fraction of sp³-hybridized carbons (Fsp3) is 0.560. The van der Waals surface area contributed by atoms with Crippen molar-refractivity contribution in [3.05, 3.63) is 36.3 Å². The lowest BCUT2D eigenvalue weighted by molar-refractivity contribution is -0.123. The van der Waals surface area contributed by atoms with E-state index in [1.807, 2.05) is 0 Å². The van der Waals surface area contributed by atoms with Crippen LogP contribution in [0, 0.1) is 5.82 Å². The lowest BCUT2D eigenvalue weighted by Crippen LogP contribution is -2.52. The largest absolute Gasteiger partial charge is 0.352 e. The van der Waals surface area contributed by atoms with Crippen LogP contribution in [0.3, 0.4) is 0 Å². The zero-order valence-corrected chi connectivity index (χ0v) is 20.1. The van der Waals surface area contributed by atoms with Gasteiger partial charge in [0.2, 0.25) is 11.9 Å². The zero-order chi connectivity index (χ0) is 24.0. The van der Waals surface area contributed by atoms with Gasteiger partial charge < -0.3 is 10.2 Å². The Morgan fingerprint density at radius 1 is 1.03 bits per heavy atom. The number of benzene rings is 1. The van der Waals surface area contributed by atoms with Crippen LogP contribution in [0.5, 0.6) is 0 Å². The molecule has 1 N–H and O–H groups in total. The van der Waals surface area contributed by atoms with Gasteiger partial charge in [-0.2, -0.15) is 5.10 Å². The van der Waals surface area contributed by atoms with E-state index in [9.17, 15) is 9.18 Å². The molecule has 1 aromatic carbocycles. The molecule has 1 aromatic heterocycles. The van der Waals surface area contributed by atoms with E-state index in [1.54, 1.807) is 18.3 Å². The van der Waals surface area contributed by atoms with Crippen molar-refractivity contribution in [2.24, 2.45) is 4.99 Å². The Hall–Kier alpha value is -2.98. The van der Waals surface area contributed by atoms with E-state index in [2.05, 4.69) is 40.2 Å². The summed E-state index contributed by atoms with van der Waals surface area (Å²) in [7, 11) is 0. The topological polar surface area (TPSA) is 89.8 Å². The molecule has 2 saturated heterocycles. The van der Waals surface area contributed by atoms with E-state index < -0.39 is 0 Å². The Balaban J connectivity index is 1.05. The molecule has 0 unspecified atom stereocenters. The maximum atomic E-state index is 13.2. The highest BCUT2D eigenvalue weighted by Crippen LogP contribution is 2.19. The number of amides is 1. The van der Waals surface area contributed by atoms with Crippen molar-refractivity contribution in [3.8, 4) is 11.3 Å². The van der Waals surface area contributed by atoms with Crippen LogP contribution in [0.4, 0.5) is 10.3 Å². The third-order valence-corrected chi connectivity index (χ3v) is 7.03. The summed E-state index contributed by atoms with van der Waals surface area (Å²) in [5.41, 5.74) is 2.81. The van der Waals surface area contributed by atoms with E-state index >= 15 is 0 Å². The normalized spacial score (nSPS) is 20.1. The van der Waals surface area contributed by atoms with E-state index in [0.717, 1.165) is 77.2 Å². The third-order valence-electron chi connectivity index (χ3n) is 7.03. The van der Waals surface area contributed by atoms with Crippen LogP contribution in [0.15, 0.2) is 35.5 Å². The zero-order valence-electron chi connectivity index (χ0n) is 20.1. The molecule has 0 atom stereocenters. The number of nitrogens with zero attached hydrogens (tertiary/aromatic N) is 7. The highest BCUT2D eigenvalue weighted by Gasteiger charge is 2.25. The molecular formula is C25H33FN8O. The summed E-state index contributed by atoms with van der Waals surface area (Å²) < 4.78 is 13.2. The number of piperidine rings is 1. The quantitative estimate of drug-likeness (QED) is 0.644. The van der Waals surface area contributed by atoms with Gasteiger partial charge in [0.1, 0.15) is 5.82 Å². The lowest BCUT2D eigenvalue weighted by Gasteiger charge is -2.35. The van der Waals surface area contributed by atoms with E-state index in [-0.39, 0.29) is 17.8 Å². The van der Waals surface area contributed by atoms with E-state index in [1.165, 1.54) is 24.3 Å². The molecular weight excluding hydrogens is 447 g/mol. The van der Waals surface area contributed by atoms with Gasteiger partial charge in [0.05, 0.1) is 18.4 Å². The summed E-state index contributed by atoms with van der Waals surface area (Å²) in [5, 5.41) is 11.5. The first-order valence-corrected chi connectivity index (χ1v) is 12.6. The highest BCUT2D eigenvalue weighted by atomic mass is 19.1. The van der Waals surface area contributed by atoms with Crippen LogP contribution in [0.1, 0.15) is 25.7 Å². The van der Waals surface area contributed by atoms with Gasteiger partial charge in [-0.1, -0.05) is 0 Å². The van der Waals surface area contributed by atoms with Gasteiger partial charge in [0.15, 0.2) is 0 Å². The number of carbonyl (C=O) groups is 1. The predicted molar refractivity (Wildman–Crippen MR) is 133 cm³/mol. The number of halogens is 1. The second-order valence-electron chi connectivity index (χ2n) is 9.58.